The molecule has 1 aromatic heterocycles. The van der Waals surface area contributed by atoms with E-state index in [0.29, 0.717) is 0 Å². The second-order valence-electron chi connectivity index (χ2n) is 2.64. The summed E-state index contributed by atoms with van der Waals surface area (Å²) in [5.41, 5.74) is 5.18. The Morgan fingerprint density at radius 1 is 1.57 bits per heavy atom. The molecule has 0 amide bonds. The number of aromatic nitrogens is 1. The van der Waals surface area contributed by atoms with Gasteiger partial charge in [0.25, 0.3) is 6.43 Å². The minimum Gasteiger partial charge on any atom is -0.392 e. The van der Waals surface area contributed by atoms with Crippen LogP contribution in [0.2, 0.25) is 5.15 Å². The second kappa shape index (κ2) is 4.63. The van der Waals surface area contributed by atoms with Crippen LogP contribution in [0.3, 0.4) is 0 Å². The predicted octanol–water partition coefficient (Wildman–Crippen LogP) is 1.62. The van der Waals surface area contributed by atoms with E-state index < -0.39 is 13.0 Å². The van der Waals surface area contributed by atoms with Crippen molar-refractivity contribution in [1.82, 2.24) is 4.98 Å². The maximum Gasteiger partial charge on any atom is 0.264 e. The summed E-state index contributed by atoms with van der Waals surface area (Å²) in [4.78, 5) is 3.75. The van der Waals surface area contributed by atoms with Crippen LogP contribution in [0.5, 0.6) is 0 Å². The van der Waals surface area contributed by atoms with E-state index in [1.807, 2.05) is 0 Å². The van der Waals surface area contributed by atoms with Crippen LogP contribution in [0.4, 0.5) is 8.78 Å². The van der Waals surface area contributed by atoms with Crippen molar-refractivity contribution in [3.05, 3.63) is 28.0 Å². The van der Waals surface area contributed by atoms with Gasteiger partial charge in [0.1, 0.15) is 5.15 Å². The molecular weight excluding hydrogens is 214 g/mol. The Balaban J connectivity index is 3.28. The number of alkyl halides is 2. The highest BCUT2D eigenvalue weighted by Gasteiger charge is 2.17. The van der Waals surface area contributed by atoms with Gasteiger partial charge in [0.05, 0.1) is 12.3 Å². The van der Waals surface area contributed by atoms with Gasteiger partial charge in [-0.25, -0.2) is 13.8 Å². The number of hydrogen-bond donors (Lipinski definition) is 2. The third-order valence-corrected chi connectivity index (χ3v) is 2.08. The smallest absolute Gasteiger partial charge is 0.264 e. The van der Waals surface area contributed by atoms with E-state index in [0.717, 1.165) is 6.07 Å². The van der Waals surface area contributed by atoms with Gasteiger partial charge in [-0.2, -0.15) is 0 Å². The van der Waals surface area contributed by atoms with Crippen LogP contribution in [0.1, 0.15) is 23.2 Å². The average molecular weight is 223 g/mol. The largest absolute Gasteiger partial charge is 0.392 e. The quantitative estimate of drug-likeness (QED) is 0.765. The minimum atomic E-state index is -2.69. The van der Waals surface area contributed by atoms with Crippen molar-refractivity contribution in [2.75, 3.05) is 0 Å². The number of nitrogens with two attached hydrogens (primary N) is 1. The van der Waals surface area contributed by atoms with Crippen molar-refractivity contribution in [3.63, 3.8) is 0 Å². The normalized spacial score (nSPS) is 11.0. The molecule has 0 spiro atoms. The fraction of sp³-hybridized carbons (Fsp3) is 0.375. The summed E-state index contributed by atoms with van der Waals surface area (Å²) >= 11 is 5.60. The van der Waals surface area contributed by atoms with Gasteiger partial charge in [0, 0.05) is 17.7 Å². The molecule has 0 aromatic carbocycles. The molecule has 78 valence electrons. The SMILES string of the molecule is NCc1cc(C(F)F)c(CO)c(Cl)n1. The minimum absolute atomic E-state index is 0.0329. The Kier molecular flexibility index (Phi) is 3.74. The number of halogens is 3. The van der Waals surface area contributed by atoms with Crippen molar-refractivity contribution < 1.29 is 13.9 Å². The van der Waals surface area contributed by atoms with E-state index >= 15 is 0 Å². The molecule has 0 bridgehead atoms. The van der Waals surface area contributed by atoms with Gasteiger partial charge in [-0.05, 0) is 6.07 Å². The molecule has 14 heavy (non-hydrogen) atoms. The van der Waals surface area contributed by atoms with E-state index in [9.17, 15) is 8.78 Å². The Hall–Kier alpha value is -0.780. The highest BCUT2D eigenvalue weighted by Crippen LogP contribution is 2.27. The molecule has 6 heteroatoms. The fourth-order valence-corrected chi connectivity index (χ4v) is 1.34. The molecule has 0 fully saturated rings. The maximum absolute atomic E-state index is 12.5. The Labute approximate surface area is 84.5 Å². The average Bonchev–Trinajstić information content (AvgIpc) is 2.16. The second-order valence-corrected chi connectivity index (χ2v) is 2.99. The van der Waals surface area contributed by atoms with Crippen molar-refractivity contribution in [2.24, 2.45) is 5.73 Å². The van der Waals surface area contributed by atoms with Gasteiger partial charge in [0.2, 0.25) is 0 Å². The molecular formula is C8H9ClF2N2O. The molecule has 1 aromatic rings. The van der Waals surface area contributed by atoms with E-state index in [4.69, 9.17) is 22.4 Å². The molecule has 0 aliphatic carbocycles. The zero-order valence-corrected chi connectivity index (χ0v) is 7.93. The number of rotatable bonds is 3. The van der Waals surface area contributed by atoms with Crippen molar-refractivity contribution in [2.45, 2.75) is 19.6 Å². The summed E-state index contributed by atoms with van der Waals surface area (Å²) in [6, 6.07) is 1.15. The van der Waals surface area contributed by atoms with Gasteiger partial charge in [-0.1, -0.05) is 11.6 Å². The van der Waals surface area contributed by atoms with Gasteiger partial charge in [0.15, 0.2) is 0 Å². The predicted molar refractivity (Wildman–Crippen MR) is 48.0 cm³/mol. The van der Waals surface area contributed by atoms with Crippen molar-refractivity contribution in [1.29, 1.82) is 0 Å². The van der Waals surface area contributed by atoms with Gasteiger partial charge < -0.3 is 10.8 Å². The van der Waals surface area contributed by atoms with E-state index in [-0.39, 0.29) is 28.5 Å². The first-order valence-corrected chi connectivity index (χ1v) is 4.25. The number of aliphatic hydroxyl groups is 1. The lowest BCUT2D eigenvalue weighted by atomic mass is 10.1. The lowest BCUT2D eigenvalue weighted by Gasteiger charge is -2.09. The van der Waals surface area contributed by atoms with Crippen LogP contribution in [0.25, 0.3) is 0 Å². The first kappa shape index (κ1) is 11.3. The summed E-state index contributed by atoms with van der Waals surface area (Å²) in [7, 11) is 0. The van der Waals surface area contributed by atoms with Crippen LogP contribution in [-0.2, 0) is 13.2 Å². The first-order chi connectivity index (χ1) is 6.60. The fourth-order valence-electron chi connectivity index (χ4n) is 1.07. The zero-order chi connectivity index (χ0) is 10.7. The Morgan fingerprint density at radius 3 is 2.64 bits per heavy atom. The zero-order valence-electron chi connectivity index (χ0n) is 7.17. The molecule has 1 rings (SSSR count). The Bertz CT molecular complexity index is 333. The lowest BCUT2D eigenvalue weighted by molar-refractivity contribution is 0.147. The van der Waals surface area contributed by atoms with Crippen molar-refractivity contribution in [3.8, 4) is 0 Å². The third-order valence-electron chi connectivity index (χ3n) is 1.76. The van der Waals surface area contributed by atoms with Crippen LogP contribution < -0.4 is 5.73 Å². The number of hydrogen-bond acceptors (Lipinski definition) is 3. The van der Waals surface area contributed by atoms with Gasteiger partial charge in [-0.15, -0.1) is 0 Å². The standard InChI is InChI=1S/C8H9ClF2N2O/c9-7-6(3-14)5(8(10)11)1-4(2-12)13-7/h1,8,14H,2-3,12H2. The number of pyridine rings is 1. The van der Waals surface area contributed by atoms with Crippen LogP contribution in [0, 0.1) is 0 Å². The molecule has 0 aliphatic heterocycles. The maximum atomic E-state index is 12.5. The first-order valence-electron chi connectivity index (χ1n) is 3.87. The van der Waals surface area contributed by atoms with Crippen LogP contribution in [0.15, 0.2) is 6.07 Å². The molecule has 0 saturated carbocycles. The molecule has 0 radical (unpaired) electrons. The van der Waals surface area contributed by atoms with E-state index in [1.165, 1.54) is 0 Å². The molecule has 3 nitrogen and oxygen atoms in total. The summed E-state index contributed by atoms with van der Waals surface area (Å²) in [5, 5.41) is 8.70. The van der Waals surface area contributed by atoms with Gasteiger partial charge in [-0.3, -0.25) is 0 Å². The Morgan fingerprint density at radius 2 is 2.21 bits per heavy atom. The molecule has 3 N–H and O–H groups in total. The number of nitrogens with zero attached hydrogens (tertiary/aromatic N) is 1. The summed E-state index contributed by atoms with van der Waals surface area (Å²) in [6.07, 6.45) is -2.69. The van der Waals surface area contributed by atoms with E-state index in [1.54, 1.807) is 0 Å². The monoisotopic (exact) mass is 222 g/mol. The van der Waals surface area contributed by atoms with Crippen molar-refractivity contribution >= 4 is 11.6 Å². The summed E-state index contributed by atoms with van der Waals surface area (Å²) in [6.45, 7) is -0.526. The lowest BCUT2D eigenvalue weighted by Crippen LogP contribution is -2.05. The van der Waals surface area contributed by atoms with Crippen LogP contribution >= 0.6 is 11.6 Å². The topological polar surface area (TPSA) is 59.1 Å². The van der Waals surface area contributed by atoms with E-state index in [2.05, 4.69) is 4.98 Å². The van der Waals surface area contributed by atoms with Gasteiger partial charge >= 0.3 is 0 Å². The molecule has 0 unspecified atom stereocenters. The molecule has 0 atom stereocenters. The molecule has 0 saturated heterocycles. The summed E-state index contributed by atoms with van der Waals surface area (Å²) in [5.74, 6) is 0. The van der Waals surface area contributed by atoms with Crippen LogP contribution in [-0.4, -0.2) is 10.1 Å². The summed E-state index contributed by atoms with van der Waals surface area (Å²) < 4.78 is 24.9. The molecule has 1 heterocycles. The highest BCUT2D eigenvalue weighted by molar-refractivity contribution is 6.30. The third kappa shape index (κ3) is 2.17. The highest BCUT2D eigenvalue weighted by atomic mass is 35.5. The molecule has 0 aliphatic rings. The number of aliphatic hydroxyl groups excluding tert-OH is 1.